The van der Waals surface area contributed by atoms with Crippen LogP contribution in [0, 0.1) is 0 Å². The standard InChI is InChI=1S/C34H29N3O8S/c1-11-6-14-20-23-19(13(9-38)7-17(41)22(23)29-28(14)37-16(8-36-29)34(43)44)21-15(10-39)33-30(35-4-5-46-33)27-25(21)24(20)26(18(11)12(2)40)32(45-3)31(27)42/h6-7,16,18,35-39H,4-5,8-10H2,1-3H3,(H,43,44). The molecule has 1 aliphatic carbocycles. The largest absolute Gasteiger partial charge is 0.492 e. The monoisotopic (exact) mass is 639 g/mol. The van der Waals surface area contributed by atoms with Crippen molar-refractivity contribution in [3.8, 4) is 5.75 Å². The van der Waals surface area contributed by atoms with E-state index in [0.717, 1.165) is 0 Å². The molecule has 0 fully saturated rings. The highest BCUT2D eigenvalue weighted by molar-refractivity contribution is 7.99. The molecule has 0 radical (unpaired) electrons. The quantitative estimate of drug-likeness (QED) is 0.122. The molecule has 2 unspecified atom stereocenters. The maximum Gasteiger partial charge on any atom is 0.327 e. The van der Waals surface area contributed by atoms with Gasteiger partial charge in [-0.2, -0.15) is 0 Å². The van der Waals surface area contributed by atoms with Crippen LogP contribution >= 0.6 is 11.8 Å². The number of carbonyl (C=O) groups is 2. The van der Waals surface area contributed by atoms with Crippen molar-refractivity contribution in [2.45, 2.75) is 43.9 Å². The van der Waals surface area contributed by atoms with Gasteiger partial charge in [0.25, 0.3) is 0 Å². The van der Waals surface area contributed by atoms with E-state index in [4.69, 9.17) is 4.74 Å². The van der Waals surface area contributed by atoms with Crippen LogP contribution in [0.3, 0.4) is 0 Å². The van der Waals surface area contributed by atoms with Gasteiger partial charge in [0.2, 0.25) is 5.43 Å². The minimum atomic E-state index is -1.08. The average Bonchev–Trinajstić information content (AvgIpc) is 3.17. The number of carboxylic acids is 1. The molecule has 0 aromatic heterocycles. The fourth-order valence-corrected chi connectivity index (χ4v) is 9.14. The lowest BCUT2D eigenvalue weighted by molar-refractivity contribution is -0.137. The van der Waals surface area contributed by atoms with Crippen LogP contribution in [-0.4, -0.2) is 59.1 Å². The van der Waals surface area contributed by atoms with Gasteiger partial charge in [-0.1, -0.05) is 11.6 Å². The number of carboxylic acid groups (broad SMARTS) is 1. The number of aliphatic hydroxyl groups excluding tert-OH is 2. The minimum absolute atomic E-state index is 0.00794. The number of anilines is 3. The Bertz CT molecular complexity index is 2390. The molecule has 5 aromatic carbocycles. The minimum Gasteiger partial charge on any atom is -0.492 e. The fraction of sp³-hybridized carbons (Fsp3) is 0.294. The molecule has 0 saturated carbocycles. The highest BCUT2D eigenvalue weighted by Crippen LogP contribution is 2.56. The Hall–Kier alpha value is -4.65. The Morgan fingerprint density at radius 3 is 2.39 bits per heavy atom. The molecule has 234 valence electrons. The Morgan fingerprint density at radius 1 is 0.957 bits per heavy atom. The third kappa shape index (κ3) is 3.46. The van der Waals surface area contributed by atoms with E-state index >= 15 is 0 Å². The summed E-state index contributed by atoms with van der Waals surface area (Å²) in [6, 6.07) is 0.361. The van der Waals surface area contributed by atoms with Gasteiger partial charge in [-0.05, 0) is 41.6 Å². The molecule has 46 heavy (non-hydrogen) atoms. The van der Waals surface area contributed by atoms with E-state index in [1.165, 1.54) is 31.9 Å². The second-order valence-electron chi connectivity index (χ2n) is 12.1. The molecule has 0 bridgehead atoms. The van der Waals surface area contributed by atoms with E-state index in [9.17, 15) is 34.5 Å². The van der Waals surface area contributed by atoms with Gasteiger partial charge in [0, 0.05) is 56.6 Å². The maximum atomic E-state index is 14.6. The molecule has 11 nitrogen and oxygen atoms in total. The summed E-state index contributed by atoms with van der Waals surface area (Å²) < 4.78 is 5.87. The van der Waals surface area contributed by atoms with Gasteiger partial charge in [-0.25, -0.2) is 4.79 Å². The maximum absolute atomic E-state index is 14.6. The van der Waals surface area contributed by atoms with Crippen LogP contribution in [0.2, 0.25) is 0 Å². The van der Waals surface area contributed by atoms with E-state index in [1.54, 1.807) is 6.92 Å². The molecule has 5 aromatic rings. The molecule has 0 amide bonds. The topological polar surface area (TPSA) is 174 Å². The van der Waals surface area contributed by atoms with Crippen LogP contribution in [0.1, 0.15) is 42.0 Å². The highest BCUT2D eigenvalue weighted by atomic mass is 32.2. The molecule has 12 heteroatoms. The summed E-state index contributed by atoms with van der Waals surface area (Å²) in [5.74, 6) is -1.51. The first kappa shape index (κ1) is 28.8. The van der Waals surface area contributed by atoms with Crippen LogP contribution in [0.25, 0.3) is 49.2 Å². The second-order valence-corrected chi connectivity index (χ2v) is 13.2. The van der Waals surface area contributed by atoms with Crippen LogP contribution in [-0.2, 0) is 22.8 Å². The summed E-state index contributed by atoms with van der Waals surface area (Å²) in [7, 11) is 1.40. The molecule has 3 aliphatic rings. The number of hydrogen-bond donors (Lipinski definition) is 6. The summed E-state index contributed by atoms with van der Waals surface area (Å²) >= 11 is 1.51. The van der Waals surface area contributed by atoms with E-state index < -0.39 is 30.0 Å². The van der Waals surface area contributed by atoms with Crippen molar-refractivity contribution >= 4 is 89.7 Å². The van der Waals surface area contributed by atoms with Crippen molar-refractivity contribution in [1.29, 1.82) is 0 Å². The number of thioether (sulfide) groups is 1. The lowest BCUT2D eigenvalue weighted by atomic mass is 9.79. The molecule has 0 saturated heterocycles. The predicted molar refractivity (Wildman–Crippen MR) is 180 cm³/mol. The number of fused-ring (bicyclic) bond motifs is 6. The Kier molecular flexibility index (Phi) is 6.21. The van der Waals surface area contributed by atoms with Gasteiger partial charge in [0.15, 0.2) is 11.2 Å². The van der Waals surface area contributed by atoms with Gasteiger partial charge in [-0.3, -0.25) is 14.4 Å². The molecule has 2 heterocycles. The number of carbonyl (C=O) groups excluding carboxylic acids is 1. The lowest BCUT2D eigenvalue weighted by Crippen LogP contribution is -2.40. The van der Waals surface area contributed by atoms with E-state index in [1.807, 2.05) is 6.08 Å². The number of allylic oxidation sites excluding steroid dienone is 1. The molecule has 2 atom stereocenters. The number of methoxy groups -OCH3 is 1. The van der Waals surface area contributed by atoms with Crippen LogP contribution in [0.15, 0.2) is 26.1 Å². The number of benzene rings is 5. The van der Waals surface area contributed by atoms with E-state index in [2.05, 4.69) is 16.0 Å². The van der Waals surface area contributed by atoms with Gasteiger partial charge in [-0.15, -0.1) is 11.8 Å². The van der Waals surface area contributed by atoms with Gasteiger partial charge in [0.1, 0.15) is 11.8 Å². The Balaban J connectivity index is 1.82. The zero-order chi connectivity index (χ0) is 32.3. The van der Waals surface area contributed by atoms with Crippen molar-refractivity contribution in [2.24, 2.45) is 0 Å². The number of ether oxygens (including phenoxy) is 1. The average molecular weight is 640 g/mol. The first-order chi connectivity index (χ1) is 22.1. The van der Waals surface area contributed by atoms with Gasteiger partial charge in [0.05, 0.1) is 54.1 Å². The van der Waals surface area contributed by atoms with Gasteiger partial charge < -0.3 is 36.0 Å². The van der Waals surface area contributed by atoms with Crippen molar-refractivity contribution in [3.05, 3.63) is 54.3 Å². The molecule has 0 spiro atoms. The number of aliphatic hydroxyl groups is 2. The smallest absolute Gasteiger partial charge is 0.327 e. The number of aliphatic carboxylic acids is 1. The van der Waals surface area contributed by atoms with Crippen molar-refractivity contribution in [3.63, 3.8) is 0 Å². The highest BCUT2D eigenvalue weighted by Gasteiger charge is 2.39. The zero-order valence-corrected chi connectivity index (χ0v) is 26.0. The summed E-state index contributed by atoms with van der Waals surface area (Å²) in [6.07, 6.45) is 1.82. The first-order valence-corrected chi connectivity index (χ1v) is 15.9. The lowest BCUT2D eigenvalue weighted by Gasteiger charge is -2.31. The summed E-state index contributed by atoms with van der Waals surface area (Å²) in [5, 5.41) is 45.2. The SMILES string of the molecule is COc1c2c3c4c(c5c(c6c(=O)cc(CO)c(c7c(CO)c8c(c(c1=O)c73)NCCS8)c64)NCC(C(=O)O)N5)C=C(C)C2C(C)=O. The van der Waals surface area contributed by atoms with E-state index in [-0.39, 0.29) is 35.5 Å². The van der Waals surface area contributed by atoms with E-state index in [0.29, 0.717) is 99.8 Å². The number of ketones is 1. The normalized spacial score (nSPS) is 18.6. The summed E-state index contributed by atoms with van der Waals surface area (Å²) in [5.41, 5.74) is 2.98. The number of Topliss-reactive ketones (excluding diaryl/α,β-unsaturated/α-hetero) is 1. The fourth-order valence-electron chi connectivity index (χ4n) is 8.07. The van der Waals surface area contributed by atoms with Crippen molar-refractivity contribution < 1.29 is 29.6 Å². The summed E-state index contributed by atoms with van der Waals surface area (Å²) in [4.78, 5) is 55.1. The van der Waals surface area contributed by atoms with Gasteiger partial charge >= 0.3 is 5.97 Å². The number of rotatable bonds is 5. The molecular weight excluding hydrogens is 610 g/mol. The molecule has 6 N–H and O–H groups in total. The van der Waals surface area contributed by atoms with Crippen LogP contribution in [0.5, 0.6) is 5.75 Å². The Labute approximate surface area is 264 Å². The first-order valence-electron chi connectivity index (χ1n) is 14.9. The second kappa shape index (κ2) is 9.92. The summed E-state index contributed by atoms with van der Waals surface area (Å²) in [6.45, 7) is 2.95. The van der Waals surface area contributed by atoms with Crippen LogP contribution < -0.4 is 31.5 Å². The predicted octanol–water partition coefficient (Wildman–Crippen LogP) is 3.79. The zero-order valence-electron chi connectivity index (χ0n) is 25.1. The third-order valence-electron chi connectivity index (χ3n) is 9.72. The Morgan fingerprint density at radius 2 is 1.72 bits per heavy atom. The number of hydrogen-bond acceptors (Lipinski definition) is 11. The molecule has 2 aliphatic heterocycles. The number of nitrogens with one attached hydrogen (secondary N) is 3. The third-order valence-corrected chi connectivity index (χ3v) is 10.9. The molecular formula is C34H29N3O8S. The molecule has 8 rings (SSSR count). The van der Waals surface area contributed by atoms with Crippen molar-refractivity contribution in [1.82, 2.24) is 0 Å². The van der Waals surface area contributed by atoms with Crippen molar-refractivity contribution in [2.75, 3.05) is 41.9 Å². The van der Waals surface area contributed by atoms with Crippen LogP contribution in [0.4, 0.5) is 17.1 Å².